The highest BCUT2D eigenvalue weighted by molar-refractivity contribution is 6.26. The predicted molar refractivity (Wildman–Crippen MR) is 310 cm³/mol. The number of aromatic nitrogens is 3. The van der Waals surface area contributed by atoms with Gasteiger partial charge in [0.2, 0.25) is 0 Å². The van der Waals surface area contributed by atoms with E-state index in [9.17, 15) is 0 Å². The van der Waals surface area contributed by atoms with Crippen LogP contribution in [-0.2, 0) is 10.8 Å². The van der Waals surface area contributed by atoms with Crippen LogP contribution in [0.5, 0.6) is 0 Å². The average Bonchev–Trinajstić information content (AvgIpc) is 4.30. The molecule has 0 fully saturated rings. The lowest BCUT2D eigenvalue weighted by Crippen LogP contribution is -2.30. The molecule has 0 saturated heterocycles. The van der Waals surface area contributed by atoms with Crippen molar-refractivity contribution in [1.29, 1.82) is 0 Å². The molecule has 4 heteroatoms. The molecule has 16 rings (SSSR count). The summed E-state index contributed by atoms with van der Waals surface area (Å²) in [5.41, 5.74) is 23.1. The fourth-order valence-electron chi connectivity index (χ4n) is 13.6. The molecule has 0 unspecified atom stereocenters. The molecule has 3 aromatic heterocycles. The van der Waals surface area contributed by atoms with Crippen LogP contribution in [-0.4, -0.2) is 26.5 Å². The first-order valence-electron chi connectivity index (χ1n) is 25.9. The fraction of sp³-hybridized carbons (Fsp3) is 0.0282. The summed E-state index contributed by atoms with van der Waals surface area (Å²) >= 11 is 0. The van der Waals surface area contributed by atoms with Gasteiger partial charge in [-0.3, -0.25) is 4.98 Å². The average molecular weight is 954 g/mol. The van der Waals surface area contributed by atoms with Crippen LogP contribution in [0.4, 0.5) is 0 Å². The Morgan fingerprint density at radius 2 is 0.773 bits per heavy atom. The Morgan fingerprint density at radius 3 is 1.28 bits per heavy atom. The Morgan fingerprint density at radius 1 is 0.333 bits per heavy atom. The summed E-state index contributed by atoms with van der Waals surface area (Å²) in [5, 5.41) is 4.93. The van der Waals surface area contributed by atoms with E-state index in [4.69, 9.17) is 9.65 Å². The van der Waals surface area contributed by atoms with Gasteiger partial charge in [-0.1, -0.05) is 187 Å². The van der Waals surface area contributed by atoms with Gasteiger partial charge in [0.1, 0.15) is 0 Å². The highest BCUT2D eigenvalue weighted by Gasteiger charge is 2.52. The molecule has 0 N–H and O–H groups in total. The minimum absolute atomic E-state index is 0.521. The van der Waals surface area contributed by atoms with Gasteiger partial charge in [0.25, 0.3) is 6.21 Å². The Kier molecular flexibility index (Phi) is 8.80. The van der Waals surface area contributed by atoms with Crippen molar-refractivity contribution in [3.8, 4) is 33.6 Å². The van der Waals surface area contributed by atoms with E-state index in [1.807, 2.05) is 6.20 Å². The molecular weight excluding hydrogens is 909 g/mol. The molecule has 0 bridgehead atoms. The van der Waals surface area contributed by atoms with E-state index in [1.54, 1.807) is 0 Å². The van der Waals surface area contributed by atoms with Gasteiger partial charge in [-0.2, -0.15) is 0 Å². The van der Waals surface area contributed by atoms with Crippen molar-refractivity contribution in [2.45, 2.75) is 10.8 Å². The zero-order chi connectivity index (χ0) is 49.2. The van der Waals surface area contributed by atoms with Crippen LogP contribution in [0.1, 0.15) is 44.5 Å². The largest absolute Gasteiger partial charge is 0.309 e. The zero-order valence-electron chi connectivity index (χ0n) is 40.8. The van der Waals surface area contributed by atoms with Crippen molar-refractivity contribution < 1.29 is 0 Å². The lowest BCUT2D eigenvalue weighted by molar-refractivity contribution is 0.764. The second-order valence-electron chi connectivity index (χ2n) is 20.2. The highest BCUT2D eigenvalue weighted by Crippen LogP contribution is 2.58. The lowest BCUT2D eigenvalue weighted by atomic mass is 9.67. The SMILES string of the molecule is C1=[N+]=CC2=C1c1cc3c4ccccc4n(-c4ccc(-c5ccc(-n6c7ccccc7c7cc8c(cc76)C(c6ccccc6)(c6ccccc6)c6cnccc6-8)cc5)cc4)c3cc1C2(c1ccccc1)c1ccccc1. The van der Waals surface area contributed by atoms with Crippen LogP contribution >= 0.6 is 0 Å². The number of benzene rings is 10. The molecule has 348 valence electrons. The monoisotopic (exact) mass is 953 g/mol. The van der Waals surface area contributed by atoms with E-state index in [0.29, 0.717) is 0 Å². The van der Waals surface area contributed by atoms with Gasteiger partial charge in [0, 0.05) is 45.3 Å². The van der Waals surface area contributed by atoms with Gasteiger partial charge in [0.15, 0.2) is 0 Å². The third-order valence-electron chi connectivity index (χ3n) is 16.8. The quantitative estimate of drug-likeness (QED) is 0.147. The summed E-state index contributed by atoms with van der Waals surface area (Å²) in [6.07, 6.45) is 8.17. The maximum absolute atomic E-state index is 4.79. The third kappa shape index (κ3) is 5.66. The number of fused-ring (bicyclic) bond motifs is 11. The zero-order valence-corrected chi connectivity index (χ0v) is 40.8. The molecular formula is C71H45N4+. The molecule has 3 aliphatic rings. The molecule has 0 radical (unpaired) electrons. The third-order valence-corrected chi connectivity index (χ3v) is 16.8. The molecule has 10 aromatic carbocycles. The van der Waals surface area contributed by atoms with Gasteiger partial charge in [0.05, 0.1) is 44.0 Å². The summed E-state index contributed by atoms with van der Waals surface area (Å²) in [6, 6.07) is 91.9. The summed E-state index contributed by atoms with van der Waals surface area (Å²) in [5.74, 6) is 0. The first kappa shape index (κ1) is 41.7. The molecule has 4 nitrogen and oxygen atoms in total. The standard InChI is InChI=1S/C71H45N4/c1-5-17-48(18-6-1)70(49-19-7-2-8-20-49)62-41-68-59(39-57(62)54-37-38-72-44-64(54)70)55-25-13-15-27-66(55)74(68)52-33-29-46(30-34-52)47-31-35-53(36-32-47)75-67-28-16-14-26-56(67)60-40-58-61-43-73-45-65(61)71(63(58)42-69(60)75,50-21-9-3-10-22-50)51-23-11-4-12-24-51/h1-45H/q+1. The van der Waals surface area contributed by atoms with Crippen LogP contribution < -0.4 is 4.67 Å². The highest BCUT2D eigenvalue weighted by atomic mass is 15.0. The van der Waals surface area contributed by atoms with Gasteiger partial charge in [-0.15, -0.1) is 0 Å². The molecule has 0 amide bonds. The van der Waals surface area contributed by atoms with Crippen molar-refractivity contribution in [1.82, 2.24) is 18.8 Å². The fourth-order valence-corrected chi connectivity index (χ4v) is 13.6. The number of hydrogen-bond donors (Lipinski definition) is 0. The maximum atomic E-state index is 4.79. The van der Waals surface area contributed by atoms with Crippen LogP contribution in [0.15, 0.2) is 267 Å². The summed E-state index contributed by atoms with van der Waals surface area (Å²) in [6.45, 7) is 0. The van der Waals surface area contributed by atoms with E-state index in [-0.39, 0.29) is 0 Å². The summed E-state index contributed by atoms with van der Waals surface area (Å²) in [4.78, 5) is 4.76. The first-order chi connectivity index (χ1) is 37.2. The van der Waals surface area contributed by atoms with Gasteiger partial charge >= 0.3 is 6.21 Å². The lowest BCUT2D eigenvalue weighted by Gasteiger charge is -2.33. The molecule has 0 atom stereocenters. The molecule has 0 saturated carbocycles. The van der Waals surface area contributed by atoms with Crippen LogP contribution in [0.3, 0.4) is 0 Å². The number of rotatable bonds is 7. The predicted octanol–water partition coefficient (Wildman–Crippen LogP) is 15.6. The van der Waals surface area contributed by atoms with E-state index < -0.39 is 10.8 Å². The Hall–Kier alpha value is -9.86. The van der Waals surface area contributed by atoms with Crippen LogP contribution in [0, 0.1) is 0 Å². The number of pyridine rings is 1. The minimum Gasteiger partial charge on any atom is -0.309 e. The number of hydrogen-bond acceptors (Lipinski definition) is 1. The van der Waals surface area contributed by atoms with Crippen molar-refractivity contribution in [2.24, 2.45) is 0 Å². The van der Waals surface area contributed by atoms with E-state index in [1.165, 1.54) is 110 Å². The van der Waals surface area contributed by atoms with Gasteiger partial charge in [-0.25, -0.2) is 0 Å². The Labute approximate surface area is 433 Å². The molecule has 0 spiro atoms. The van der Waals surface area contributed by atoms with E-state index in [2.05, 4.69) is 276 Å². The number of para-hydroxylation sites is 2. The normalized spacial score (nSPS) is 14.5. The van der Waals surface area contributed by atoms with Crippen molar-refractivity contribution >= 4 is 61.6 Å². The minimum atomic E-state index is -0.549. The van der Waals surface area contributed by atoms with Crippen molar-refractivity contribution in [3.05, 3.63) is 311 Å². The maximum Gasteiger partial charge on any atom is 0.300 e. The molecule has 2 aliphatic carbocycles. The van der Waals surface area contributed by atoms with E-state index in [0.717, 1.165) is 22.5 Å². The molecule has 4 heterocycles. The molecule has 13 aromatic rings. The Bertz CT molecular complexity index is 4500. The summed E-state index contributed by atoms with van der Waals surface area (Å²) < 4.78 is 9.71. The topological polar surface area (TPSA) is 36.9 Å². The Balaban J connectivity index is 0.823. The van der Waals surface area contributed by atoms with E-state index >= 15 is 0 Å². The van der Waals surface area contributed by atoms with Crippen molar-refractivity contribution in [3.63, 3.8) is 0 Å². The second kappa shape index (κ2) is 15.8. The van der Waals surface area contributed by atoms with Crippen LogP contribution in [0.25, 0.3) is 82.8 Å². The van der Waals surface area contributed by atoms with Gasteiger partial charge < -0.3 is 9.13 Å². The molecule has 75 heavy (non-hydrogen) atoms. The summed E-state index contributed by atoms with van der Waals surface area (Å²) in [7, 11) is 0. The smallest absolute Gasteiger partial charge is 0.300 e. The second-order valence-corrected chi connectivity index (χ2v) is 20.2. The molecule has 1 aliphatic heterocycles. The number of nitrogens with zero attached hydrogens (tertiary/aromatic N) is 4. The number of allylic oxidation sites excluding steroid dienone is 2. The first-order valence-corrected chi connectivity index (χ1v) is 25.9. The van der Waals surface area contributed by atoms with Crippen LogP contribution in [0.2, 0.25) is 0 Å². The van der Waals surface area contributed by atoms with Crippen molar-refractivity contribution in [2.75, 3.05) is 0 Å². The van der Waals surface area contributed by atoms with Gasteiger partial charge in [-0.05, 0) is 133 Å².